The van der Waals surface area contributed by atoms with E-state index >= 15 is 0 Å². The second-order valence-corrected chi connectivity index (χ2v) is 6.37. The molecule has 0 spiro atoms. The highest BCUT2D eigenvalue weighted by Gasteiger charge is 2.41. The summed E-state index contributed by atoms with van der Waals surface area (Å²) in [5, 5.41) is 0. The molecule has 1 aliphatic heterocycles. The molecule has 0 saturated carbocycles. The molecule has 1 aliphatic rings. The van der Waals surface area contributed by atoms with Crippen LogP contribution in [-0.4, -0.2) is 18.9 Å². The molecular weight excluding hydrogens is 205 g/mol. The summed E-state index contributed by atoms with van der Waals surface area (Å²) < 4.78 is 0. The van der Waals surface area contributed by atoms with Gasteiger partial charge in [0.1, 0.15) is 7.85 Å². The third-order valence-corrected chi connectivity index (χ3v) is 3.97. The van der Waals surface area contributed by atoms with Gasteiger partial charge < -0.3 is 4.90 Å². The molecule has 1 aromatic carbocycles. The molecule has 0 aliphatic carbocycles. The summed E-state index contributed by atoms with van der Waals surface area (Å²) in [5.74, 6) is 0. The number of anilines is 1. The Labute approximate surface area is 107 Å². The highest BCUT2D eigenvalue weighted by Crippen LogP contribution is 2.40. The average molecular weight is 227 g/mol. The highest BCUT2D eigenvalue weighted by molar-refractivity contribution is 6.35. The van der Waals surface area contributed by atoms with Gasteiger partial charge in [0.25, 0.3) is 0 Å². The van der Waals surface area contributed by atoms with Crippen molar-refractivity contribution < 1.29 is 0 Å². The van der Waals surface area contributed by atoms with Gasteiger partial charge in [-0.15, -0.1) is 0 Å². The number of rotatable bonds is 1. The van der Waals surface area contributed by atoms with E-state index in [1.165, 1.54) is 24.9 Å². The molecular formula is C15H22BN. The van der Waals surface area contributed by atoms with Crippen LogP contribution in [0.5, 0.6) is 0 Å². The highest BCUT2D eigenvalue weighted by atomic mass is 15.3. The van der Waals surface area contributed by atoms with Crippen LogP contribution in [0, 0.1) is 0 Å². The minimum atomic E-state index is 0.178. The maximum absolute atomic E-state index is 6.15. The first-order valence-corrected chi connectivity index (χ1v) is 6.49. The minimum Gasteiger partial charge on any atom is -0.362 e. The molecule has 0 N–H and O–H groups in total. The van der Waals surface area contributed by atoms with Crippen LogP contribution in [0.25, 0.3) is 0 Å². The Kier molecular flexibility index (Phi) is 3.01. The summed E-state index contributed by atoms with van der Waals surface area (Å²) in [5.41, 5.74) is 2.42. The first-order valence-electron chi connectivity index (χ1n) is 6.49. The van der Waals surface area contributed by atoms with Crippen LogP contribution >= 0.6 is 0 Å². The van der Waals surface area contributed by atoms with E-state index in [-0.39, 0.29) is 11.1 Å². The van der Waals surface area contributed by atoms with E-state index < -0.39 is 0 Å². The summed E-state index contributed by atoms with van der Waals surface area (Å²) in [4.78, 5) is 2.51. The largest absolute Gasteiger partial charge is 0.362 e. The van der Waals surface area contributed by atoms with E-state index in [0.29, 0.717) is 0 Å². The quantitative estimate of drug-likeness (QED) is 0.666. The van der Waals surface area contributed by atoms with Crippen molar-refractivity contribution in [1.29, 1.82) is 0 Å². The van der Waals surface area contributed by atoms with Gasteiger partial charge in [-0.05, 0) is 53.0 Å². The fourth-order valence-corrected chi connectivity index (χ4v) is 3.34. The van der Waals surface area contributed by atoms with Crippen molar-refractivity contribution in [3.05, 3.63) is 24.3 Å². The zero-order chi connectivity index (χ0) is 12.7. The first kappa shape index (κ1) is 12.5. The molecule has 1 heterocycles. The lowest BCUT2D eigenvalue weighted by molar-refractivity contribution is 0.244. The van der Waals surface area contributed by atoms with Gasteiger partial charge in [0.15, 0.2) is 0 Å². The van der Waals surface area contributed by atoms with Crippen LogP contribution in [-0.2, 0) is 0 Å². The average Bonchev–Trinajstić information content (AvgIpc) is 2.18. The molecule has 0 amide bonds. The maximum atomic E-state index is 6.15. The molecule has 1 fully saturated rings. The van der Waals surface area contributed by atoms with Gasteiger partial charge in [-0.2, -0.15) is 0 Å². The Balaban J connectivity index is 2.49. The second-order valence-electron chi connectivity index (χ2n) is 6.37. The molecule has 0 bridgehead atoms. The van der Waals surface area contributed by atoms with E-state index in [0.717, 1.165) is 5.46 Å². The van der Waals surface area contributed by atoms with Crippen molar-refractivity contribution in [2.45, 2.75) is 58.0 Å². The topological polar surface area (TPSA) is 3.24 Å². The fraction of sp³-hybridized carbons (Fsp3) is 0.600. The molecule has 1 saturated heterocycles. The third-order valence-electron chi connectivity index (χ3n) is 3.97. The van der Waals surface area contributed by atoms with Crippen LogP contribution in [0.1, 0.15) is 47.0 Å². The lowest BCUT2D eigenvalue weighted by Gasteiger charge is -2.55. The van der Waals surface area contributed by atoms with Gasteiger partial charge in [-0.1, -0.05) is 23.7 Å². The zero-order valence-electron chi connectivity index (χ0n) is 11.5. The monoisotopic (exact) mass is 227 g/mol. The Morgan fingerprint density at radius 2 is 1.53 bits per heavy atom. The molecule has 0 unspecified atom stereocenters. The van der Waals surface area contributed by atoms with Crippen molar-refractivity contribution in [2.24, 2.45) is 0 Å². The van der Waals surface area contributed by atoms with Crippen LogP contribution in [0.2, 0.25) is 0 Å². The minimum absolute atomic E-state index is 0.178. The van der Waals surface area contributed by atoms with E-state index in [4.69, 9.17) is 7.85 Å². The van der Waals surface area contributed by atoms with Crippen molar-refractivity contribution in [2.75, 3.05) is 4.90 Å². The molecule has 2 radical (unpaired) electrons. The van der Waals surface area contributed by atoms with Gasteiger partial charge in [0.2, 0.25) is 0 Å². The normalized spacial score (nSPS) is 22.5. The van der Waals surface area contributed by atoms with Crippen molar-refractivity contribution >= 4 is 19.0 Å². The third kappa shape index (κ3) is 2.22. The molecule has 2 heteroatoms. The van der Waals surface area contributed by atoms with E-state index in [1.54, 1.807) is 0 Å². The number of benzene rings is 1. The summed E-state index contributed by atoms with van der Waals surface area (Å²) in [6.07, 6.45) is 3.75. The van der Waals surface area contributed by atoms with Crippen LogP contribution in [0.4, 0.5) is 5.69 Å². The Morgan fingerprint density at radius 3 is 2.06 bits per heavy atom. The predicted molar refractivity (Wildman–Crippen MR) is 76.3 cm³/mol. The van der Waals surface area contributed by atoms with Crippen molar-refractivity contribution in [3.8, 4) is 0 Å². The number of nitrogens with zero attached hydrogens (tertiary/aromatic N) is 1. The maximum Gasteiger partial charge on any atom is 0.116 e. The fourth-order valence-electron chi connectivity index (χ4n) is 3.34. The van der Waals surface area contributed by atoms with Crippen molar-refractivity contribution in [1.82, 2.24) is 0 Å². The second kappa shape index (κ2) is 4.08. The molecule has 0 aromatic heterocycles. The first-order chi connectivity index (χ1) is 7.84. The van der Waals surface area contributed by atoms with E-state index in [9.17, 15) is 0 Å². The SMILES string of the molecule is [B]c1ccccc1N1C(C)(C)CCCC1(C)C. The number of hydrogen-bond acceptors (Lipinski definition) is 1. The van der Waals surface area contributed by atoms with Crippen molar-refractivity contribution in [3.63, 3.8) is 0 Å². The van der Waals surface area contributed by atoms with Gasteiger partial charge in [0, 0.05) is 16.8 Å². The van der Waals surface area contributed by atoms with E-state index in [1.807, 2.05) is 12.1 Å². The summed E-state index contributed by atoms with van der Waals surface area (Å²) >= 11 is 0. The Morgan fingerprint density at radius 1 is 1.00 bits per heavy atom. The molecule has 1 nitrogen and oxygen atoms in total. The van der Waals surface area contributed by atoms with Gasteiger partial charge in [-0.25, -0.2) is 0 Å². The molecule has 1 aromatic rings. The Hall–Kier alpha value is -0.915. The predicted octanol–water partition coefficient (Wildman–Crippen LogP) is 3.03. The summed E-state index contributed by atoms with van der Waals surface area (Å²) in [6.45, 7) is 9.28. The smallest absolute Gasteiger partial charge is 0.116 e. The van der Waals surface area contributed by atoms with E-state index in [2.05, 4.69) is 44.7 Å². The molecule has 90 valence electrons. The molecule has 17 heavy (non-hydrogen) atoms. The summed E-state index contributed by atoms with van der Waals surface area (Å²) in [7, 11) is 6.15. The van der Waals surface area contributed by atoms with Gasteiger partial charge in [0.05, 0.1) is 0 Å². The van der Waals surface area contributed by atoms with Gasteiger partial charge >= 0.3 is 0 Å². The zero-order valence-corrected chi connectivity index (χ0v) is 11.5. The van der Waals surface area contributed by atoms with Gasteiger partial charge in [-0.3, -0.25) is 0 Å². The molecule has 0 atom stereocenters. The molecule has 2 rings (SSSR count). The number of piperidine rings is 1. The standard InChI is InChI=1S/C15H22BN/c1-14(2)10-7-11-15(3,4)17(14)13-9-6-5-8-12(13)16/h5-6,8-9H,7,10-11H2,1-4H3. The van der Waals surface area contributed by atoms with Crippen LogP contribution in [0.3, 0.4) is 0 Å². The lowest BCUT2D eigenvalue weighted by atomic mass is 9.78. The van der Waals surface area contributed by atoms with Crippen LogP contribution < -0.4 is 10.4 Å². The lowest BCUT2D eigenvalue weighted by Crippen LogP contribution is -2.60. The number of hydrogen-bond donors (Lipinski definition) is 0. The van der Waals surface area contributed by atoms with Crippen LogP contribution in [0.15, 0.2) is 24.3 Å². The number of para-hydroxylation sites is 1. The summed E-state index contributed by atoms with van der Waals surface area (Å²) in [6, 6.07) is 8.22. The Bertz CT molecular complexity index is 393.